The molecule has 0 saturated carbocycles. The fourth-order valence-corrected chi connectivity index (χ4v) is 1.82. The highest BCUT2D eigenvalue weighted by molar-refractivity contribution is 9.10. The molecule has 0 saturated heterocycles. The quantitative estimate of drug-likeness (QED) is 0.841. The summed E-state index contributed by atoms with van der Waals surface area (Å²) in [6.45, 7) is 3.88. The Labute approximate surface area is 103 Å². The lowest BCUT2D eigenvalue weighted by Crippen LogP contribution is -1.93. The number of hydrogen-bond donors (Lipinski definition) is 0. The highest BCUT2D eigenvalue weighted by atomic mass is 79.9. The van der Waals surface area contributed by atoms with E-state index in [1.54, 1.807) is 12.4 Å². The van der Waals surface area contributed by atoms with Crippen molar-refractivity contribution >= 4 is 15.9 Å². The predicted octanol–water partition coefficient (Wildman–Crippen LogP) is 3.65. The summed E-state index contributed by atoms with van der Waals surface area (Å²) in [5, 5.41) is 0. The molecule has 2 aromatic rings. The summed E-state index contributed by atoms with van der Waals surface area (Å²) < 4.78 is 6.52. The molecule has 0 aliphatic heterocycles. The summed E-state index contributed by atoms with van der Waals surface area (Å²) in [6.07, 6.45) is 3.51. The Kier molecular flexibility index (Phi) is 3.19. The van der Waals surface area contributed by atoms with E-state index in [-0.39, 0.29) is 0 Å². The van der Waals surface area contributed by atoms with E-state index >= 15 is 0 Å². The molecule has 0 N–H and O–H groups in total. The highest BCUT2D eigenvalue weighted by Gasteiger charge is 2.06. The molecule has 4 heteroatoms. The fraction of sp³-hybridized carbons (Fsp3) is 0.167. The Hall–Kier alpha value is -1.42. The van der Waals surface area contributed by atoms with Gasteiger partial charge in [0.2, 0.25) is 5.88 Å². The zero-order valence-corrected chi connectivity index (χ0v) is 10.7. The molecular formula is C12H11BrN2O. The summed E-state index contributed by atoms with van der Waals surface area (Å²) in [4.78, 5) is 8.37. The molecule has 0 aliphatic rings. The van der Waals surface area contributed by atoms with Crippen molar-refractivity contribution in [2.75, 3.05) is 0 Å². The molecule has 0 aromatic carbocycles. The standard InChI is InChI=1S/C12H11BrN2O/c1-8-6-10(13)12(15-7-8)16-11-4-3-5-14-9(11)2/h3-7H,1-2H3. The van der Waals surface area contributed by atoms with Crippen molar-refractivity contribution in [3.05, 3.63) is 46.3 Å². The second-order valence-corrected chi connectivity index (χ2v) is 4.34. The van der Waals surface area contributed by atoms with E-state index in [1.165, 1.54) is 0 Å². The minimum Gasteiger partial charge on any atom is -0.436 e. The van der Waals surface area contributed by atoms with Gasteiger partial charge in [-0.25, -0.2) is 4.98 Å². The average Bonchev–Trinajstić information content (AvgIpc) is 2.25. The second-order valence-electron chi connectivity index (χ2n) is 3.49. The molecule has 3 nitrogen and oxygen atoms in total. The molecule has 0 spiro atoms. The molecule has 2 rings (SSSR count). The van der Waals surface area contributed by atoms with Crippen LogP contribution >= 0.6 is 15.9 Å². The molecule has 0 bridgehead atoms. The van der Waals surface area contributed by atoms with Gasteiger partial charge in [0.15, 0.2) is 5.75 Å². The van der Waals surface area contributed by atoms with Crippen molar-refractivity contribution in [1.29, 1.82) is 0 Å². The molecule has 0 amide bonds. The smallest absolute Gasteiger partial charge is 0.233 e. The van der Waals surface area contributed by atoms with Crippen molar-refractivity contribution in [3.63, 3.8) is 0 Å². The van der Waals surface area contributed by atoms with E-state index < -0.39 is 0 Å². The third kappa shape index (κ3) is 2.39. The van der Waals surface area contributed by atoms with Gasteiger partial charge in [-0.05, 0) is 53.5 Å². The number of aromatic nitrogens is 2. The maximum Gasteiger partial charge on any atom is 0.233 e. The van der Waals surface area contributed by atoms with Crippen LogP contribution in [-0.4, -0.2) is 9.97 Å². The molecule has 0 atom stereocenters. The molecule has 0 fully saturated rings. The lowest BCUT2D eigenvalue weighted by Gasteiger charge is -2.08. The number of ether oxygens (including phenoxy) is 1. The topological polar surface area (TPSA) is 35.0 Å². The van der Waals surface area contributed by atoms with E-state index in [4.69, 9.17) is 4.74 Å². The second kappa shape index (κ2) is 4.61. The van der Waals surface area contributed by atoms with Gasteiger partial charge < -0.3 is 4.74 Å². The van der Waals surface area contributed by atoms with Gasteiger partial charge in [-0.15, -0.1) is 0 Å². The third-order valence-corrected chi connectivity index (χ3v) is 2.68. The minimum absolute atomic E-state index is 0.557. The monoisotopic (exact) mass is 278 g/mol. The van der Waals surface area contributed by atoms with Gasteiger partial charge in [0.05, 0.1) is 10.2 Å². The Balaban J connectivity index is 2.31. The Morgan fingerprint density at radius 2 is 2.06 bits per heavy atom. The lowest BCUT2D eigenvalue weighted by molar-refractivity contribution is 0.453. The van der Waals surface area contributed by atoms with Crippen LogP contribution in [0.3, 0.4) is 0 Å². The van der Waals surface area contributed by atoms with Crippen LogP contribution in [0.25, 0.3) is 0 Å². The largest absolute Gasteiger partial charge is 0.436 e. The number of pyridine rings is 2. The number of rotatable bonds is 2. The van der Waals surface area contributed by atoms with Crippen LogP contribution in [0, 0.1) is 13.8 Å². The van der Waals surface area contributed by atoms with Crippen LogP contribution in [0.2, 0.25) is 0 Å². The Bertz CT molecular complexity index is 514. The fourth-order valence-electron chi connectivity index (χ4n) is 1.28. The summed E-state index contributed by atoms with van der Waals surface area (Å²) in [5.41, 5.74) is 1.93. The van der Waals surface area contributed by atoms with Crippen LogP contribution in [0.5, 0.6) is 11.6 Å². The van der Waals surface area contributed by atoms with E-state index in [2.05, 4.69) is 25.9 Å². The van der Waals surface area contributed by atoms with Crippen LogP contribution in [0.4, 0.5) is 0 Å². The predicted molar refractivity (Wildman–Crippen MR) is 65.7 cm³/mol. The van der Waals surface area contributed by atoms with Gasteiger partial charge in [0.25, 0.3) is 0 Å². The molecule has 2 aromatic heterocycles. The van der Waals surface area contributed by atoms with Crippen LogP contribution in [0.1, 0.15) is 11.3 Å². The van der Waals surface area contributed by atoms with Crippen molar-refractivity contribution < 1.29 is 4.74 Å². The van der Waals surface area contributed by atoms with Crippen LogP contribution < -0.4 is 4.74 Å². The first-order chi connectivity index (χ1) is 7.66. The van der Waals surface area contributed by atoms with Crippen molar-refractivity contribution in [2.24, 2.45) is 0 Å². The van der Waals surface area contributed by atoms with Crippen molar-refractivity contribution in [1.82, 2.24) is 9.97 Å². The average molecular weight is 279 g/mol. The van der Waals surface area contributed by atoms with Crippen LogP contribution in [-0.2, 0) is 0 Å². The van der Waals surface area contributed by atoms with E-state index in [0.717, 1.165) is 21.5 Å². The summed E-state index contributed by atoms with van der Waals surface area (Å²) in [7, 11) is 0. The van der Waals surface area contributed by atoms with Gasteiger partial charge in [0.1, 0.15) is 0 Å². The first kappa shape index (κ1) is 11.1. The number of hydrogen-bond acceptors (Lipinski definition) is 3. The normalized spacial score (nSPS) is 10.2. The molecule has 0 unspecified atom stereocenters. The van der Waals surface area contributed by atoms with E-state index in [0.29, 0.717) is 5.88 Å². The van der Waals surface area contributed by atoms with Gasteiger partial charge in [-0.3, -0.25) is 4.98 Å². The van der Waals surface area contributed by atoms with E-state index in [1.807, 2.05) is 32.0 Å². The summed E-state index contributed by atoms with van der Waals surface area (Å²) in [5.74, 6) is 1.28. The van der Waals surface area contributed by atoms with Crippen molar-refractivity contribution in [3.8, 4) is 11.6 Å². The number of aryl methyl sites for hydroxylation is 2. The molecular weight excluding hydrogens is 268 g/mol. The molecule has 82 valence electrons. The van der Waals surface area contributed by atoms with Gasteiger partial charge in [-0.1, -0.05) is 0 Å². The third-order valence-electron chi connectivity index (χ3n) is 2.11. The highest BCUT2D eigenvalue weighted by Crippen LogP contribution is 2.28. The first-order valence-corrected chi connectivity index (χ1v) is 5.68. The summed E-state index contributed by atoms with van der Waals surface area (Å²) >= 11 is 3.42. The zero-order valence-electron chi connectivity index (χ0n) is 9.07. The van der Waals surface area contributed by atoms with E-state index in [9.17, 15) is 0 Å². The molecule has 0 aliphatic carbocycles. The minimum atomic E-state index is 0.557. The molecule has 16 heavy (non-hydrogen) atoms. The summed E-state index contributed by atoms with van der Waals surface area (Å²) in [6, 6.07) is 5.68. The SMILES string of the molecule is Cc1cnc(Oc2cccnc2C)c(Br)c1. The Morgan fingerprint density at radius 3 is 2.75 bits per heavy atom. The van der Waals surface area contributed by atoms with Gasteiger partial charge in [0, 0.05) is 12.4 Å². The maximum absolute atomic E-state index is 5.67. The van der Waals surface area contributed by atoms with Crippen molar-refractivity contribution in [2.45, 2.75) is 13.8 Å². The van der Waals surface area contributed by atoms with Gasteiger partial charge in [-0.2, -0.15) is 0 Å². The maximum atomic E-state index is 5.67. The molecule has 2 heterocycles. The number of nitrogens with zero attached hydrogens (tertiary/aromatic N) is 2. The zero-order chi connectivity index (χ0) is 11.5. The lowest BCUT2D eigenvalue weighted by atomic mass is 10.3. The number of halogens is 1. The Morgan fingerprint density at radius 1 is 1.25 bits per heavy atom. The molecule has 0 radical (unpaired) electrons. The van der Waals surface area contributed by atoms with Crippen LogP contribution in [0.15, 0.2) is 35.1 Å². The first-order valence-electron chi connectivity index (χ1n) is 4.88. The van der Waals surface area contributed by atoms with Gasteiger partial charge >= 0.3 is 0 Å².